The van der Waals surface area contributed by atoms with E-state index in [-0.39, 0.29) is 36.1 Å². The Hall–Kier alpha value is -1.51. The fraction of sp³-hybridized carbons (Fsp3) is 0. The number of aromatic nitrogens is 2. The molecular weight excluding hydrogens is 183 g/mol. The number of carboxylic acid groups (broad SMARTS) is 1. The Morgan fingerprint density at radius 1 is 1.50 bits per heavy atom. The Morgan fingerprint density at radius 2 is 2.29 bits per heavy atom. The maximum absolute atomic E-state index is 10.5. The number of hydrogen-bond acceptors (Lipinski definition) is 6. The summed E-state index contributed by atoms with van der Waals surface area (Å²) in [5.74, 6) is -1.20. The van der Waals surface area contributed by atoms with Crippen molar-refractivity contribution in [1.82, 2.24) is 10.1 Å². The standard InChI is InChI=1S/C7H4N2O4.Li/c10-7(11)5-6(12-3-8-5)4-1-2-9-13-4;/h1-3H,(H,10,11);/q;+1/p-1. The summed E-state index contributed by atoms with van der Waals surface area (Å²) >= 11 is 0. The number of oxazole rings is 1. The second-order valence-electron chi connectivity index (χ2n) is 2.19. The van der Waals surface area contributed by atoms with Crippen molar-refractivity contribution in [3.63, 3.8) is 0 Å². The Balaban J connectivity index is 0.000000980. The first-order valence-electron chi connectivity index (χ1n) is 3.35. The fourth-order valence-corrected chi connectivity index (χ4v) is 0.899. The van der Waals surface area contributed by atoms with E-state index >= 15 is 0 Å². The van der Waals surface area contributed by atoms with Crippen LogP contribution in [0.25, 0.3) is 11.5 Å². The van der Waals surface area contributed by atoms with Crippen LogP contribution < -0.4 is 24.0 Å². The summed E-state index contributed by atoms with van der Waals surface area (Å²) in [6.07, 6.45) is 2.37. The van der Waals surface area contributed by atoms with Gasteiger partial charge in [-0.05, 0) is 0 Å². The molecular formula is C7H3LiN2O4. The number of nitrogens with zero attached hydrogens (tertiary/aromatic N) is 2. The second kappa shape index (κ2) is 4.13. The predicted octanol–water partition coefficient (Wildman–Crippen LogP) is -3.30. The van der Waals surface area contributed by atoms with Crippen molar-refractivity contribution in [2.45, 2.75) is 0 Å². The van der Waals surface area contributed by atoms with E-state index in [1.165, 1.54) is 12.3 Å². The average molecular weight is 186 g/mol. The van der Waals surface area contributed by atoms with E-state index < -0.39 is 5.97 Å². The molecule has 0 bridgehead atoms. The third-order valence-corrected chi connectivity index (χ3v) is 1.42. The number of rotatable bonds is 2. The van der Waals surface area contributed by atoms with Gasteiger partial charge in [0.25, 0.3) is 0 Å². The molecule has 0 radical (unpaired) electrons. The van der Waals surface area contributed by atoms with Gasteiger partial charge in [0, 0.05) is 6.07 Å². The smallest absolute Gasteiger partial charge is 0.543 e. The molecule has 0 N–H and O–H groups in total. The maximum atomic E-state index is 10.5. The van der Waals surface area contributed by atoms with Crippen molar-refractivity contribution in [2.75, 3.05) is 0 Å². The van der Waals surface area contributed by atoms with Gasteiger partial charge in [-0.1, -0.05) is 5.16 Å². The van der Waals surface area contributed by atoms with Gasteiger partial charge in [-0.2, -0.15) is 0 Å². The Morgan fingerprint density at radius 3 is 2.86 bits per heavy atom. The van der Waals surface area contributed by atoms with Crippen LogP contribution in [0.1, 0.15) is 10.5 Å². The molecule has 0 amide bonds. The molecule has 2 heterocycles. The third-order valence-electron chi connectivity index (χ3n) is 1.42. The molecule has 0 unspecified atom stereocenters. The van der Waals surface area contributed by atoms with Crippen molar-refractivity contribution in [2.24, 2.45) is 0 Å². The quantitative estimate of drug-likeness (QED) is 0.456. The largest absolute Gasteiger partial charge is 1.00 e. The first-order valence-corrected chi connectivity index (χ1v) is 3.35. The Labute approximate surface area is 90.1 Å². The van der Waals surface area contributed by atoms with Crippen LogP contribution >= 0.6 is 0 Å². The molecule has 66 valence electrons. The van der Waals surface area contributed by atoms with Crippen LogP contribution in [0.4, 0.5) is 0 Å². The number of carbonyl (C=O) groups is 1. The zero-order chi connectivity index (χ0) is 9.26. The van der Waals surface area contributed by atoms with Gasteiger partial charge < -0.3 is 18.8 Å². The molecule has 0 saturated heterocycles. The molecule has 0 aliphatic rings. The zero-order valence-corrected chi connectivity index (χ0v) is 7.26. The molecule has 2 aromatic rings. The zero-order valence-electron chi connectivity index (χ0n) is 7.26. The van der Waals surface area contributed by atoms with Crippen molar-refractivity contribution < 1.29 is 37.7 Å². The summed E-state index contributed by atoms with van der Waals surface area (Å²) in [6, 6.07) is 1.47. The van der Waals surface area contributed by atoms with E-state index in [4.69, 9.17) is 8.94 Å². The van der Waals surface area contributed by atoms with Gasteiger partial charge in [-0.15, -0.1) is 0 Å². The van der Waals surface area contributed by atoms with E-state index in [1.807, 2.05) is 0 Å². The molecule has 2 rings (SSSR count). The molecule has 0 fully saturated rings. The minimum Gasteiger partial charge on any atom is -0.543 e. The molecule has 2 aromatic heterocycles. The normalized spacial score (nSPS) is 9.43. The van der Waals surface area contributed by atoms with Gasteiger partial charge in [-0.25, -0.2) is 4.98 Å². The summed E-state index contributed by atoms with van der Waals surface area (Å²) in [5, 5.41) is 13.9. The molecule has 0 aliphatic carbocycles. The number of aromatic carboxylic acids is 1. The van der Waals surface area contributed by atoms with Gasteiger partial charge in [0.15, 0.2) is 6.39 Å². The molecule has 7 heteroatoms. The topological polar surface area (TPSA) is 92.2 Å². The van der Waals surface area contributed by atoms with Gasteiger partial charge in [0.05, 0.1) is 12.2 Å². The van der Waals surface area contributed by atoms with Gasteiger partial charge in [0.1, 0.15) is 5.69 Å². The van der Waals surface area contributed by atoms with E-state index in [0.717, 1.165) is 6.39 Å². The molecule has 0 spiro atoms. The van der Waals surface area contributed by atoms with Crippen LogP contribution in [0.5, 0.6) is 0 Å². The summed E-state index contributed by atoms with van der Waals surface area (Å²) in [7, 11) is 0. The molecule has 0 saturated carbocycles. The SMILES string of the molecule is O=C([O-])c1ncoc1-c1ccno1.[Li+]. The van der Waals surface area contributed by atoms with Crippen LogP contribution in [0, 0.1) is 0 Å². The molecule has 0 atom stereocenters. The van der Waals surface area contributed by atoms with E-state index in [0.29, 0.717) is 0 Å². The average Bonchev–Trinajstić information content (AvgIpc) is 2.74. The van der Waals surface area contributed by atoms with Crippen LogP contribution in [0.15, 0.2) is 27.6 Å². The van der Waals surface area contributed by atoms with E-state index in [2.05, 4.69) is 10.1 Å². The summed E-state index contributed by atoms with van der Waals surface area (Å²) in [6.45, 7) is 0. The number of carbonyl (C=O) groups excluding carboxylic acids is 1. The number of carboxylic acids is 1. The van der Waals surface area contributed by atoms with E-state index in [1.54, 1.807) is 0 Å². The first-order chi connectivity index (χ1) is 6.29. The predicted molar refractivity (Wildman–Crippen MR) is 36.3 cm³/mol. The molecule has 0 aliphatic heterocycles. The van der Waals surface area contributed by atoms with E-state index in [9.17, 15) is 9.90 Å². The van der Waals surface area contributed by atoms with Gasteiger partial charge in [-0.3, -0.25) is 0 Å². The molecule has 6 nitrogen and oxygen atoms in total. The summed E-state index contributed by atoms with van der Waals surface area (Å²) in [5.41, 5.74) is -0.295. The molecule has 14 heavy (non-hydrogen) atoms. The van der Waals surface area contributed by atoms with Crippen LogP contribution in [-0.4, -0.2) is 16.1 Å². The van der Waals surface area contributed by atoms with Crippen molar-refractivity contribution in [3.05, 3.63) is 24.4 Å². The van der Waals surface area contributed by atoms with Gasteiger partial charge in [0.2, 0.25) is 11.5 Å². The summed E-state index contributed by atoms with van der Waals surface area (Å²) < 4.78 is 9.50. The minimum atomic E-state index is -1.42. The van der Waals surface area contributed by atoms with Crippen LogP contribution in [0.2, 0.25) is 0 Å². The second-order valence-corrected chi connectivity index (χ2v) is 2.19. The Bertz CT molecular complexity index is 423. The number of hydrogen-bond donors (Lipinski definition) is 0. The minimum absolute atomic E-state index is 0. The van der Waals surface area contributed by atoms with Crippen LogP contribution in [0.3, 0.4) is 0 Å². The Kier molecular flexibility index (Phi) is 3.12. The van der Waals surface area contributed by atoms with Crippen molar-refractivity contribution >= 4 is 5.97 Å². The summed E-state index contributed by atoms with van der Waals surface area (Å²) in [4.78, 5) is 13.9. The molecule has 0 aromatic carbocycles. The fourth-order valence-electron chi connectivity index (χ4n) is 0.899. The van der Waals surface area contributed by atoms with Crippen LogP contribution in [-0.2, 0) is 0 Å². The van der Waals surface area contributed by atoms with Crippen molar-refractivity contribution in [3.8, 4) is 11.5 Å². The monoisotopic (exact) mass is 186 g/mol. The first kappa shape index (κ1) is 10.6. The van der Waals surface area contributed by atoms with Crippen molar-refractivity contribution in [1.29, 1.82) is 0 Å². The maximum Gasteiger partial charge on any atom is 1.00 e. The third kappa shape index (κ3) is 1.71. The van der Waals surface area contributed by atoms with Gasteiger partial charge >= 0.3 is 18.9 Å².